The highest BCUT2D eigenvalue weighted by molar-refractivity contribution is 5.38. The third-order valence-electron chi connectivity index (χ3n) is 1.90. The summed E-state index contributed by atoms with van der Waals surface area (Å²) in [5, 5.41) is 4.08. The number of fused-ring (bicyclic) bond motifs is 1. The van der Waals surface area contributed by atoms with Crippen LogP contribution in [0.15, 0.2) is 12.4 Å². The SMILES string of the molecule is CC.CC.CC(C)c1cnc2cnc(N)nn12. The molecular weight excluding hydrogens is 214 g/mol. The zero-order valence-electron chi connectivity index (χ0n) is 11.6. The summed E-state index contributed by atoms with van der Waals surface area (Å²) >= 11 is 0. The van der Waals surface area contributed by atoms with Gasteiger partial charge in [0.15, 0.2) is 5.65 Å². The van der Waals surface area contributed by atoms with E-state index in [2.05, 4.69) is 28.9 Å². The lowest BCUT2D eigenvalue weighted by atomic mass is 10.2. The normalized spacial score (nSPS) is 9.35. The van der Waals surface area contributed by atoms with Crippen molar-refractivity contribution >= 4 is 11.6 Å². The number of hydrogen-bond acceptors (Lipinski definition) is 4. The van der Waals surface area contributed by atoms with Gasteiger partial charge in [0.05, 0.1) is 18.1 Å². The van der Waals surface area contributed by atoms with E-state index >= 15 is 0 Å². The van der Waals surface area contributed by atoms with Gasteiger partial charge in [-0.3, -0.25) is 0 Å². The fourth-order valence-corrected chi connectivity index (χ4v) is 1.22. The average Bonchev–Trinajstić information content (AvgIpc) is 2.77. The first-order chi connectivity index (χ1) is 8.18. The van der Waals surface area contributed by atoms with Crippen molar-refractivity contribution < 1.29 is 0 Å². The third-order valence-corrected chi connectivity index (χ3v) is 1.90. The summed E-state index contributed by atoms with van der Waals surface area (Å²) in [5.74, 6) is 0.650. The molecule has 0 fully saturated rings. The standard InChI is InChI=1S/C8H11N5.2C2H6/c1-5(2)6-3-10-7-4-11-8(9)12-13(6)7;2*1-2/h3-5H,1-2H3,(H2,9,12);2*1-2H3. The highest BCUT2D eigenvalue weighted by Crippen LogP contribution is 2.14. The zero-order chi connectivity index (χ0) is 13.4. The highest BCUT2D eigenvalue weighted by atomic mass is 15.3. The Balaban J connectivity index is 0.000000581. The lowest BCUT2D eigenvalue weighted by Gasteiger charge is -2.02. The number of aromatic nitrogens is 4. The molecule has 5 heteroatoms. The van der Waals surface area contributed by atoms with Crippen molar-refractivity contribution in [1.29, 1.82) is 0 Å². The lowest BCUT2D eigenvalue weighted by Crippen LogP contribution is -2.04. The Bertz CT molecular complexity index is 433. The molecule has 0 radical (unpaired) electrons. The predicted octanol–water partition coefficient (Wildman–Crippen LogP) is 2.88. The number of nitrogens with zero attached hydrogens (tertiary/aromatic N) is 4. The Morgan fingerprint density at radius 1 is 1.06 bits per heavy atom. The second kappa shape index (κ2) is 7.60. The second-order valence-corrected chi connectivity index (χ2v) is 3.22. The summed E-state index contributed by atoms with van der Waals surface area (Å²) in [7, 11) is 0. The molecule has 2 aromatic rings. The number of nitrogen functional groups attached to an aromatic ring is 1. The number of imidazole rings is 1. The fourth-order valence-electron chi connectivity index (χ4n) is 1.22. The van der Waals surface area contributed by atoms with Crippen LogP contribution in [0, 0.1) is 0 Å². The van der Waals surface area contributed by atoms with E-state index in [0.717, 1.165) is 11.3 Å². The maximum Gasteiger partial charge on any atom is 0.238 e. The Kier molecular flexibility index (Phi) is 6.86. The van der Waals surface area contributed by atoms with E-state index in [1.165, 1.54) is 0 Å². The summed E-state index contributed by atoms with van der Waals surface area (Å²) in [6.07, 6.45) is 3.42. The summed E-state index contributed by atoms with van der Waals surface area (Å²) in [6.45, 7) is 12.2. The van der Waals surface area contributed by atoms with Crippen LogP contribution in [0.1, 0.15) is 53.2 Å². The van der Waals surface area contributed by atoms with Gasteiger partial charge in [0.25, 0.3) is 0 Å². The first-order valence-corrected chi connectivity index (χ1v) is 6.14. The van der Waals surface area contributed by atoms with E-state index in [9.17, 15) is 0 Å². The molecule has 96 valence electrons. The van der Waals surface area contributed by atoms with Gasteiger partial charge >= 0.3 is 0 Å². The summed E-state index contributed by atoms with van der Waals surface area (Å²) < 4.78 is 1.73. The average molecular weight is 237 g/mol. The molecule has 2 aromatic heterocycles. The van der Waals surface area contributed by atoms with Crippen LogP contribution >= 0.6 is 0 Å². The van der Waals surface area contributed by atoms with Gasteiger partial charge in [0.1, 0.15) is 0 Å². The van der Waals surface area contributed by atoms with Gasteiger partial charge < -0.3 is 5.73 Å². The molecule has 0 aliphatic carbocycles. The Labute approximate surface area is 103 Å². The summed E-state index contributed by atoms with van der Waals surface area (Å²) in [6, 6.07) is 0. The van der Waals surface area contributed by atoms with Crippen molar-refractivity contribution in [2.75, 3.05) is 5.73 Å². The van der Waals surface area contributed by atoms with Crippen LogP contribution < -0.4 is 5.73 Å². The molecule has 0 unspecified atom stereocenters. The van der Waals surface area contributed by atoms with Gasteiger partial charge in [-0.25, -0.2) is 14.5 Å². The van der Waals surface area contributed by atoms with Crippen LogP contribution in [0.3, 0.4) is 0 Å². The number of hydrogen-bond donors (Lipinski definition) is 1. The van der Waals surface area contributed by atoms with Gasteiger partial charge in [-0.05, 0) is 5.92 Å². The van der Waals surface area contributed by atoms with E-state index in [1.807, 2.05) is 27.7 Å². The number of rotatable bonds is 1. The topological polar surface area (TPSA) is 69.1 Å². The monoisotopic (exact) mass is 237 g/mol. The minimum Gasteiger partial charge on any atom is -0.367 e. The van der Waals surface area contributed by atoms with E-state index in [0.29, 0.717) is 5.92 Å². The van der Waals surface area contributed by atoms with Crippen molar-refractivity contribution in [3.8, 4) is 0 Å². The second-order valence-electron chi connectivity index (χ2n) is 3.22. The molecule has 0 atom stereocenters. The minimum atomic E-state index is 0.271. The molecule has 0 aromatic carbocycles. The number of nitrogens with two attached hydrogens (primary N) is 1. The Morgan fingerprint density at radius 3 is 2.18 bits per heavy atom. The van der Waals surface area contributed by atoms with Crippen LogP contribution in [0.25, 0.3) is 5.65 Å². The van der Waals surface area contributed by atoms with Crippen LogP contribution in [-0.2, 0) is 0 Å². The number of anilines is 1. The fraction of sp³-hybridized carbons (Fsp3) is 0.583. The summed E-state index contributed by atoms with van der Waals surface area (Å²) in [4.78, 5) is 8.03. The molecule has 5 nitrogen and oxygen atoms in total. The van der Waals surface area contributed by atoms with E-state index < -0.39 is 0 Å². The van der Waals surface area contributed by atoms with E-state index in [-0.39, 0.29) is 5.95 Å². The zero-order valence-corrected chi connectivity index (χ0v) is 11.6. The van der Waals surface area contributed by atoms with Crippen LogP contribution in [0.2, 0.25) is 0 Å². The van der Waals surface area contributed by atoms with Gasteiger partial charge in [-0.15, -0.1) is 5.10 Å². The van der Waals surface area contributed by atoms with Gasteiger partial charge in [0, 0.05) is 0 Å². The lowest BCUT2D eigenvalue weighted by molar-refractivity contribution is 0.755. The van der Waals surface area contributed by atoms with E-state index in [4.69, 9.17) is 5.73 Å². The molecule has 0 aliphatic heterocycles. The quantitative estimate of drug-likeness (QED) is 0.828. The molecule has 2 heterocycles. The van der Waals surface area contributed by atoms with E-state index in [1.54, 1.807) is 16.9 Å². The molecule has 0 spiro atoms. The molecule has 2 rings (SSSR count). The predicted molar refractivity (Wildman–Crippen MR) is 72.0 cm³/mol. The largest absolute Gasteiger partial charge is 0.367 e. The molecule has 0 bridgehead atoms. The Hall–Kier alpha value is -1.65. The van der Waals surface area contributed by atoms with Crippen LogP contribution in [0.5, 0.6) is 0 Å². The Morgan fingerprint density at radius 2 is 1.65 bits per heavy atom. The highest BCUT2D eigenvalue weighted by Gasteiger charge is 2.08. The van der Waals surface area contributed by atoms with Crippen molar-refractivity contribution in [1.82, 2.24) is 19.6 Å². The van der Waals surface area contributed by atoms with Crippen molar-refractivity contribution in [2.24, 2.45) is 0 Å². The molecular formula is C12H23N5. The van der Waals surface area contributed by atoms with Crippen molar-refractivity contribution in [2.45, 2.75) is 47.5 Å². The first-order valence-electron chi connectivity index (χ1n) is 6.14. The molecule has 0 saturated heterocycles. The van der Waals surface area contributed by atoms with Crippen molar-refractivity contribution in [3.05, 3.63) is 18.1 Å². The maximum atomic E-state index is 5.48. The molecule has 17 heavy (non-hydrogen) atoms. The smallest absolute Gasteiger partial charge is 0.238 e. The molecule has 0 saturated carbocycles. The van der Waals surface area contributed by atoms with Crippen LogP contribution in [0.4, 0.5) is 5.95 Å². The van der Waals surface area contributed by atoms with Gasteiger partial charge in [-0.2, -0.15) is 0 Å². The summed E-state index contributed by atoms with van der Waals surface area (Å²) in [5.41, 5.74) is 7.26. The van der Waals surface area contributed by atoms with Crippen LogP contribution in [-0.4, -0.2) is 19.6 Å². The molecule has 0 amide bonds. The van der Waals surface area contributed by atoms with Gasteiger partial charge in [-0.1, -0.05) is 41.5 Å². The maximum absolute atomic E-state index is 5.48. The third kappa shape index (κ3) is 3.69. The molecule has 2 N–H and O–H groups in total. The molecule has 0 aliphatic rings. The van der Waals surface area contributed by atoms with Crippen molar-refractivity contribution in [3.63, 3.8) is 0 Å². The van der Waals surface area contributed by atoms with Gasteiger partial charge in [0.2, 0.25) is 5.95 Å². The first kappa shape index (κ1) is 15.3. The minimum absolute atomic E-state index is 0.271.